The Labute approximate surface area is 191 Å². The number of hydrogen-bond donors (Lipinski definition) is 1. The van der Waals surface area contributed by atoms with Crippen LogP contribution >= 0.6 is 0 Å². The molecule has 8 nitrogen and oxygen atoms in total. The summed E-state index contributed by atoms with van der Waals surface area (Å²) < 4.78 is 65.1. The fourth-order valence-electron chi connectivity index (χ4n) is 4.77. The summed E-state index contributed by atoms with van der Waals surface area (Å²) in [6.45, 7) is 6.06. The predicted molar refractivity (Wildman–Crippen MR) is 117 cm³/mol. The van der Waals surface area contributed by atoms with Crippen molar-refractivity contribution in [3.63, 3.8) is 0 Å². The molecule has 1 aromatic carbocycles. The fourth-order valence-corrected chi connectivity index (χ4v) is 5.85. The number of benzene rings is 1. The second-order valence-electron chi connectivity index (χ2n) is 9.13. The summed E-state index contributed by atoms with van der Waals surface area (Å²) in [5.41, 5.74) is -0.110. The monoisotopic (exact) mass is 477 g/mol. The maximum atomic E-state index is 15.0. The molecule has 0 saturated heterocycles. The highest BCUT2D eigenvalue weighted by molar-refractivity contribution is 7.92. The zero-order chi connectivity index (χ0) is 24.0. The molecule has 1 saturated carbocycles. The van der Waals surface area contributed by atoms with Crippen LogP contribution in [0.3, 0.4) is 0 Å². The van der Waals surface area contributed by atoms with Gasteiger partial charge in [0.05, 0.1) is 0 Å². The third-order valence-corrected chi connectivity index (χ3v) is 7.62. The molecule has 4 rings (SSSR count). The van der Waals surface area contributed by atoms with Gasteiger partial charge in [0, 0.05) is 43.2 Å². The molecule has 0 spiro atoms. The Kier molecular flexibility index (Phi) is 5.63. The Morgan fingerprint density at radius 2 is 1.88 bits per heavy atom. The van der Waals surface area contributed by atoms with Crippen molar-refractivity contribution in [1.29, 1.82) is 0 Å². The van der Waals surface area contributed by atoms with Crippen LogP contribution in [-0.2, 0) is 17.1 Å². The van der Waals surface area contributed by atoms with Crippen molar-refractivity contribution in [1.82, 2.24) is 19.7 Å². The van der Waals surface area contributed by atoms with Crippen molar-refractivity contribution in [2.24, 2.45) is 12.5 Å². The van der Waals surface area contributed by atoms with Crippen LogP contribution in [0.15, 0.2) is 47.9 Å². The second kappa shape index (κ2) is 8.05. The van der Waals surface area contributed by atoms with Crippen LogP contribution in [0.2, 0.25) is 0 Å². The standard InChI is InChI=1S/C22H25F2N5O3S/c1-21(2)7-8-22(3,20(21)16-5-10-27-29(16)4)32-17-11-15(24)18(12-14(17)23)33(30,31)28-19-6-9-25-13-26-19/h5-6,9-13,20H,7-8H2,1-4H3,(H,25,26,28)/t20-,22+/m0/s1. The van der Waals surface area contributed by atoms with E-state index < -0.39 is 32.2 Å². The second-order valence-corrected chi connectivity index (χ2v) is 10.8. The number of aryl methyl sites for hydroxylation is 1. The van der Waals surface area contributed by atoms with Gasteiger partial charge in [-0.3, -0.25) is 9.40 Å². The summed E-state index contributed by atoms with van der Waals surface area (Å²) in [6.07, 6.45) is 5.55. The molecule has 0 unspecified atom stereocenters. The molecule has 1 aliphatic carbocycles. The number of sulfonamides is 1. The molecule has 0 amide bonds. The van der Waals surface area contributed by atoms with Gasteiger partial charge in [-0.2, -0.15) is 5.10 Å². The molecular formula is C22H25F2N5O3S. The number of rotatable bonds is 6. The summed E-state index contributed by atoms with van der Waals surface area (Å²) >= 11 is 0. The molecule has 2 heterocycles. The number of hydrogen-bond acceptors (Lipinski definition) is 6. The number of halogens is 2. The third kappa shape index (κ3) is 4.29. The Morgan fingerprint density at radius 3 is 2.52 bits per heavy atom. The smallest absolute Gasteiger partial charge is 0.266 e. The highest BCUT2D eigenvalue weighted by Crippen LogP contribution is 2.56. The molecule has 0 aliphatic heterocycles. The zero-order valence-corrected chi connectivity index (χ0v) is 19.5. The molecule has 3 aromatic rings. The molecule has 1 fully saturated rings. The lowest BCUT2D eigenvalue weighted by Crippen LogP contribution is -2.40. The van der Waals surface area contributed by atoms with Gasteiger partial charge in [0.15, 0.2) is 11.6 Å². The molecule has 176 valence electrons. The fraction of sp³-hybridized carbons (Fsp3) is 0.409. The molecule has 2 atom stereocenters. The van der Waals surface area contributed by atoms with E-state index >= 15 is 4.39 Å². The lowest BCUT2D eigenvalue weighted by atomic mass is 9.75. The van der Waals surface area contributed by atoms with E-state index in [-0.39, 0.29) is 22.9 Å². The molecule has 2 aromatic heterocycles. The van der Waals surface area contributed by atoms with Crippen molar-refractivity contribution in [3.05, 3.63) is 60.3 Å². The van der Waals surface area contributed by atoms with Crippen LogP contribution in [0, 0.1) is 17.0 Å². The molecule has 0 bridgehead atoms. The van der Waals surface area contributed by atoms with Crippen LogP contribution in [0.25, 0.3) is 0 Å². The number of nitrogens with zero attached hydrogens (tertiary/aromatic N) is 4. The minimum Gasteiger partial charge on any atom is -0.484 e. The minimum atomic E-state index is -4.42. The Balaban J connectivity index is 1.67. The molecule has 1 N–H and O–H groups in total. The minimum absolute atomic E-state index is 0.0650. The van der Waals surface area contributed by atoms with Gasteiger partial charge in [-0.25, -0.2) is 27.2 Å². The average molecular weight is 478 g/mol. The van der Waals surface area contributed by atoms with E-state index in [1.807, 2.05) is 20.0 Å². The van der Waals surface area contributed by atoms with Crippen molar-refractivity contribution < 1.29 is 21.9 Å². The van der Waals surface area contributed by atoms with Crippen molar-refractivity contribution >= 4 is 15.8 Å². The number of ether oxygens (including phenoxy) is 1. The summed E-state index contributed by atoms with van der Waals surface area (Å²) in [4.78, 5) is 6.58. The molecule has 11 heteroatoms. The molecule has 33 heavy (non-hydrogen) atoms. The van der Waals surface area contributed by atoms with Gasteiger partial charge in [0.2, 0.25) is 0 Å². The van der Waals surface area contributed by atoms with Gasteiger partial charge in [-0.15, -0.1) is 0 Å². The Bertz CT molecular complexity index is 1280. The average Bonchev–Trinajstić information content (AvgIpc) is 3.24. The van der Waals surface area contributed by atoms with Crippen LogP contribution in [0.4, 0.5) is 14.6 Å². The highest BCUT2D eigenvalue weighted by Gasteiger charge is 2.53. The Hall–Kier alpha value is -3.08. The van der Waals surface area contributed by atoms with E-state index in [0.29, 0.717) is 12.5 Å². The van der Waals surface area contributed by atoms with Crippen molar-refractivity contribution in [2.45, 2.75) is 50.0 Å². The zero-order valence-electron chi connectivity index (χ0n) is 18.7. The normalized spacial score (nSPS) is 22.3. The van der Waals surface area contributed by atoms with Crippen LogP contribution in [-0.4, -0.2) is 33.8 Å². The first-order valence-electron chi connectivity index (χ1n) is 10.4. The molecule has 1 aliphatic rings. The number of nitrogens with one attached hydrogen (secondary N) is 1. The van der Waals surface area contributed by atoms with Gasteiger partial charge >= 0.3 is 0 Å². The van der Waals surface area contributed by atoms with Gasteiger partial charge in [-0.05, 0) is 37.3 Å². The lowest BCUT2D eigenvalue weighted by molar-refractivity contribution is 0.0515. The summed E-state index contributed by atoms with van der Waals surface area (Å²) in [7, 11) is -2.59. The Morgan fingerprint density at radius 1 is 1.12 bits per heavy atom. The van der Waals surface area contributed by atoms with E-state index in [1.165, 1.54) is 12.3 Å². The van der Waals surface area contributed by atoms with E-state index in [9.17, 15) is 12.8 Å². The van der Waals surface area contributed by atoms with Crippen LogP contribution in [0.1, 0.15) is 45.2 Å². The predicted octanol–water partition coefficient (Wildman–Crippen LogP) is 4.03. The first-order valence-corrected chi connectivity index (χ1v) is 11.9. The van der Waals surface area contributed by atoms with E-state index in [2.05, 4.69) is 33.6 Å². The number of anilines is 1. The quantitative estimate of drug-likeness (QED) is 0.576. The van der Waals surface area contributed by atoms with E-state index in [0.717, 1.165) is 24.5 Å². The maximum Gasteiger partial charge on any atom is 0.266 e. The van der Waals surface area contributed by atoms with E-state index in [1.54, 1.807) is 10.9 Å². The highest BCUT2D eigenvalue weighted by atomic mass is 32.2. The van der Waals surface area contributed by atoms with Gasteiger partial charge in [-0.1, -0.05) is 13.8 Å². The van der Waals surface area contributed by atoms with Crippen molar-refractivity contribution in [3.8, 4) is 5.75 Å². The summed E-state index contributed by atoms with van der Waals surface area (Å²) in [5, 5.41) is 4.25. The first kappa shape index (κ1) is 23.1. The van der Waals surface area contributed by atoms with Crippen molar-refractivity contribution in [2.75, 3.05) is 4.72 Å². The van der Waals surface area contributed by atoms with E-state index in [4.69, 9.17) is 4.74 Å². The third-order valence-electron chi connectivity index (χ3n) is 6.25. The van der Waals surface area contributed by atoms with Gasteiger partial charge in [0.1, 0.15) is 28.5 Å². The van der Waals surface area contributed by atoms with Crippen LogP contribution < -0.4 is 9.46 Å². The summed E-state index contributed by atoms with van der Waals surface area (Å²) in [6, 6.07) is 4.59. The summed E-state index contributed by atoms with van der Waals surface area (Å²) in [5.74, 6) is -2.67. The van der Waals surface area contributed by atoms with Gasteiger partial charge in [0.25, 0.3) is 10.0 Å². The number of aromatic nitrogens is 4. The van der Waals surface area contributed by atoms with Gasteiger partial charge < -0.3 is 4.74 Å². The first-order chi connectivity index (χ1) is 15.4. The topological polar surface area (TPSA) is 99.0 Å². The lowest BCUT2D eigenvalue weighted by Gasteiger charge is -2.38. The SMILES string of the molecule is Cn1nccc1[C@H]1C(C)(C)CC[C@@]1(C)Oc1cc(F)c(S(=O)(=O)Nc2ccncn2)cc1F. The van der Waals surface area contributed by atoms with Crippen LogP contribution in [0.5, 0.6) is 5.75 Å². The molecular weight excluding hydrogens is 452 g/mol. The largest absolute Gasteiger partial charge is 0.484 e. The molecule has 0 radical (unpaired) electrons. The maximum absolute atomic E-state index is 15.0.